The number of carbonyl (C=O) groups excluding carboxylic acids is 3. The highest BCUT2D eigenvalue weighted by Crippen LogP contribution is 2.30. The number of hydrogen-bond donors (Lipinski definition) is 0. The van der Waals surface area contributed by atoms with E-state index in [0.29, 0.717) is 16.4 Å². The smallest absolute Gasteiger partial charge is 0.326 e. The van der Waals surface area contributed by atoms with Gasteiger partial charge in [0.15, 0.2) is 0 Å². The molecule has 0 fully saturated rings. The van der Waals surface area contributed by atoms with Gasteiger partial charge in [-0.1, -0.05) is 6.07 Å². The van der Waals surface area contributed by atoms with Crippen LogP contribution in [-0.2, 0) is 9.53 Å². The van der Waals surface area contributed by atoms with Crippen molar-refractivity contribution in [1.29, 1.82) is 0 Å². The lowest BCUT2D eigenvalue weighted by molar-refractivity contribution is -0.385. The summed E-state index contributed by atoms with van der Waals surface area (Å²) in [5, 5.41) is 11.1. The molecule has 0 saturated heterocycles. The fourth-order valence-corrected chi connectivity index (χ4v) is 2.77. The third-order valence-corrected chi connectivity index (χ3v) is 4.14. The number of esters is 1. The first kappa shape index (κ1) is 19.8. The van der Waals surface area contributed by atoms with Crippen molar-refractivity contribution >= 4 is 23.5 Å². The van der Waals surface area contributed by atoms with E-state index in [0.717, 1.165) is 6.07 Å². The molecule has 0 saturated carbocycles. The molecule has 0 aromatic heterocycles. The van der Waals surface area contributed by atoms with Crippen molar-refractivity contribution < 1.29 is 33.5 Å². The molecule has 2 aromatic rings. The van der Waals surface area contributed by atoms with Gasteiger partial charge in [-0.2, -0.15) is 0 Å². The lowest BCUT2D eigenvalue weighted by Crippen LogP contribution is -2.36. The van der Waals surface area contributed by atoms with Gasteiger partial charge in [-0.25, -0.2) is 0 Å². The Morgan fingerprint density at radius 3 is 2.38 bits per heavy atom. The van der Waals surface area contributed by atoms with E-state index in [1.54, 1.807) is 31.4 Å². The summed E-state index contributed by atoms with van der Waals surface area (Å²) in [5.74, 6) is -1.29. The molecule has 3 rings (SSSR count). The number of rotatable bonds is 8. The standard InChI is InChI=1S/C19H16N2O8/c1-27-12-5-7-13(8-6-12)28-9-10-29-16(22)11-20-18(23)14-3-2-4-15(21(25)26)17(14)19(20)24/h2-8H,9-11H2,1H3. The van der Waals surface area contributed by atoms with Gasteiger partial charge in [-0.3, -0.25) is 29.4 Å². The van der Waals surface area contributed by atoms with E-state index in [4.69, 9.17) is 14.2 Å². The van der Waals surface area contributed by atoms with Crippen molar-refractivity contribution in [2.75, 3.05) is 26.9 Å². The van der Waals surface area contributed by atoms with Crippen LogP contribution in [0.3, 0.4) is 0 Å². The Balaban J connectivity index is 1.53. The van der Waals surface area contributed by atoms with Gasteiger partial charge in [0.1, 0.15) is 36.8 Å². The predicted molar refractivity (Wildman–Crippen MR) is 97.9 cm³/mol. The van der Waals surface area contributed by atoms with Crippen LogP contribution in [0, 0.1) is 10.1 Å². The molecule has 10 nitrogen and oxygen atoms in total. The molecule has 0 unspecified atom stereocenters. The molecule has 1 aliphatic heterocycles. The Hall–Kier alpha value is -3.95. The van der Waals surface area contributed by atoms with Crippen molar-refractivity contribution in [3.8, 4) is 11.5 Å². The second kappa shape index (κ2) is 8.38. The average molecular weight is 400 g/mol. The summed E-state index contributed by atoms with van der Waals surface area (Å²) in [4.78, 5) is 47.7. The number of amides is 2. The van der Waals surface area contributed by atoms with E-state index in [-0.39, 0.29) is 24.3 Å². The maximum atomic E-state index is 12.4. The highest BCUT2D eigenvalue weighted by atomic mass is 16.6. The van der Waals surface area contributed by atoms with E-state index in [1.165, 1.54) is 12.1 Å². The van der Waals surface area contributed by atoms with E-state index in [9.17, 15) is 24.5 Å². The molecule has 150 valence electrons. The monoisotopic (exact) mass is 400 g/mol. The molecular weight excluding hydrogens is 384 g/mol. The van der Waals surface area contributed by atoms with Crippen LogP contribution in [0.15, 0.2) is 42.5 Å². The van der Waals surface area contributed by atoms with Crippen LogP contribution in [0.25, 0.3) is 0 Å². The first-order valence-corrected chi connectivity index (χ1v) is 8.48. The van der Waals surface area contributed by atoms with E-state index in [2.05, 4.69) is 0 Å². The number of ether oxygens (including phenoxy) is 3. The fourth-order valence-electron chi connectivity index (χ4n) is 2.77. The highest BCUT2D eigenvalue weighted by Gasteiger charge is 2.41. The van der Waals surface area contributed by atoms with Crippen molar-refractivity contribution in [3.63, 3.8) is 0 Å². The minimum atomic E-state index is -0.899. The minimum absolute atomic E-state index is 0.0612. The van der Waals surface area contributed by atoms with Gasteiger partial charge in [0.25, 0.3) is 17.5 Å². The van der Waals surface area contributed by atoms with Gasteiger partial charge in [-0.15, -0.1) is 0 Å². The molecule has 29 heavy (non-hydrogen) atoms. The Kier molecular flexibility index (Phi) is 5.72. The number of methoxy groups -OCH3 is 1. The summed E-state index contributed by atoms with van der Waals surface area (Å²) in [5.41, 5.74) is -0.914. The van der Waals surface area contributed by atoms with Gasteiger partial charge in [0, 0.05) is 6.07 Å². The Morgan fingerprint density at radius 1 is 1.03 bits per heavy atom. The molecule has 10 heteroatoms. The molecule has 1 aliphatic rings. The Labute approximate surface area is 164 Å². The van der Waals surface area contributed by atoms with Crippen molar-refractivity contribution in [1.82, 2.24) is 4.90 Å². The highest BCUT2D eigenvalue weighted by molar-refractivity contribution is 6.24. The molecular formula is C19H16N2O8. The number of carbonyl (C=O) groups is 3. The average Bonchev–Trinajstić information content (AvgIpc) is 2.96. The van der Waals surface area contributed by atoms with Crippen LogP contribution in [-0.4, -0.2) is 54.5 Å². The first-order valence-electron chi connectivity index (χ1n) is 8.48. The summed E-state index contributed by atoms with van der Waals surface area (Å²) in [7, 11) is 1.54. The maximum absolute atomic E-state index is 12.4. The van der Waals surface area contributed by atoms with Gasteiger partial charge in [0.05, 0.1) is 17.6 Å². The lowest BCUT2D eigenvalue weighted by Gasteiger charge is -2.13. The van der Waals surface area contributed by atoms with Crippen molar-refractivity contribution in [2.45, 2.75) is 0 Å². The Bertz CT molecular complexity index is 971. The maximum Gasteiger partial charge on any atom is 0.326 e. The largest absolute Gasteiger partial charge is 0.497 e. The van der Waals surface area contributed by atoms with Crippen LogP contribution in [0.1, 0.15) is 20.7 Å². The molecule has 0 N–H and O–H groups in total. The van der Waals surface area contributed by atoms with E-state index in [1.807, 2.05) is 0 Å². The van der Waals surface area contributed by atoms with Crippen molar-refractivity contribution in [2.24, 2.45) is 0 Å². The lowest BCUT2D eigenvalue weighted by atomic mass is 10.1. The third kappa shape index (κ3) is 4.15. The van der Waals surface area contributed by atoms with Gasteiger partial charge in [-0.05, 0) is 30.3 Å². The summed E-state index contributed by atoms with van der Waals surface area (Å²) >= 11 is 0. The Morgan fingerprint density at radius 2 is 1.72 bits per heavy atom. The number of nitrogens with zero attached hydrogens (tertiary/aromatic N) is 2. The second-order valence-electron chi connectivity index (χ2n) is 5.90. The van der Waals surface area contributed by atoms with Crippen molar-refractivity contribution in [3.05, 3.63) is 63.7 Å². The zero-order valence-electron chi connectivity index (χ0n) is 15.3. The number of nitro groups is 1. The third-order valence-electron chi connectivity index (χ3n) is 4.14. The number of imide groups is 1. The van der Waals surface area contributed by atoms with Gasteiger partial charge in [0.2, 0.25) is 0 Å². The number of nitro benzene ring substituents is 1. The topological polar surface area (TPSA) is 125 Å². The predicted octanol–water partition coefficient (Wildman–Crippen LogP) is 1.82. The van der Waals surface area contributed by atoms with Crippen LogP contribution in [0.5, 0.6) is 11.5 Å². The molecule has 0 spiro atoms. The quantitative estimate of drug-likeness (QED) is 0.216. The van der Waals surface area contributed by atoms with Gasteiger partial charge >= 0.3 is 5.97 Å². The van der Waals surface area contributed by atoms with E-state index < -0.39 is 34.9 Å². The van der Waals surface area contributed by atoms with Gasteiger partial charge < -0.3 is 14.2 Å². The molecule has 0 aliphatic carbocycles. The summed E-state index contributed by atoms with van der Waals surface area (Å²) in [6.07, 6.45) is 0. The van der Waals surface area contributed by atoms with Crippen LogP contribution >= 0.6 is 0 Å². The number of fused-ring (bicyclic) bond motifs is 1. The molecule has 0 atom stereocenters. The first-order chi connectivity index (χ1) is 13.9. The fraction of sp³-hybridized carbons (Fsp3) is 0.211. The SMILES string of the molecule is COc1ccc(OCCOC(=O)CN2C(=O)c3cccc([N+](=O)[O-])c3C2=O)cc1. The molecule has 2 amide bonds. The van der Waals surface area contributed by atoms with Crippen LogP contribution in [0.4, 0.5) is 5.69 Å². The molecule has 1 heterocycles. The van der Waals surface area contributed by atoms with E-state index >= 15 is 0 Å². The second-order valence-corrected chi connectivity index (χ2v) is 5.90. The zero-order valence-corrected chi connectivity index (χ0v) is 15.3. The summed E-state index contributed by atoms with van der Waals surface area (Å²) in [6.45, 7) is -0.689. The molecule has 0 bridgehead atoms. The molecule has 0 radical (unpaired) electrons. The van der Waals surface area contributed by atoms with Crippen LogP contribution in [0.2, 0.25) is 0 Å². The zero-order chi connectivity index (χ0) is 21.0. The number of hydrogen-bond acceptors (Lipinski definition) is 8. The normalized spacial score (nSPS) is 12.5. The summed E-state index contributed by atoms with van der Waals surface area (Å²) < 4.78 is 15.4. The summed E-state index contributed by atoms with van der Waals surface area (Å²) in [6, 6.07) is 10.5. The van der Waals surface area contributed by atoms with Crippen LogP contribution < -0.4 is 9.47 Å². The minimum Gasteiger partial charge on any atom is -0.497 e. The number of benzene rings is 2. The molecule has 2 aromatic carbocycles.